The molecule has 5 rings (SSSR count). The van der Waals surface area contributed by atoms with Gasteiger partial charge in [-0.05, 0) is 96.8 Å². The number of benzene rings is 1. The summed E-state index contributed by atoms with van der Waals surface area (Å²) in [5.74, 6) is -3.48. The minimum atomic E-state index is -1.45. The number of carbonyl (C=O) groups excluding carboxylic acids is 5. The number of nitrogens with zero attached hydrogens (tertiary/aromatic N) is 3. The van der Waals surface area contributed by atoms with Gasteiger partial charge in [0, 0.05) is 70.6 Å². The number of aliphatic hydroxyl groups excluding tert-OH is 2. The Labute approximate surface area is 442 Å². The van der Waals surface area contributed by atoms with E-state index in [1.54, 1.807) is 66.0 Å². The van der Waals surface area contributed by atoms with E-state index in [9.17, 15) is 34.2 Å². The van der Waals surface area contributed by atoms with Crippen molar-refractivity contribution in [3.05, 3.63) is 60.4 Å². The van der Waals surface area contributed by atoms with Gasteiger partial charge in [-0.1, -0.05) is 63.3 Å². The monoisotopic (exact) mass is 1050 g/mol. The zero-order valence-corrected chi connectivity index (χ0v) is 45.7. The van der Waals surface area contributed by atoms with Gasteiger partial charge in [0.25, 0.3) is 0 Å². The first kappa shape index (κ1) is 61.2. The van der Waals surface area contributed by atoms with Crippen LogP contribution in [-0.4, -0.2) is 182 Å². The molecule has 0 saturated carbocycles. The molecule has 3 aliphatic heterocycles. The number of esters is 4. The van der Waals surface area contributed by atoms with Crippen molar-refractivity contribution in [1.29, 1.82) is 0 Å². The molecule has 0 radical (unpaired) electrons. The Kier molecular flexibility index (Phi) is 23.8. The summed E-state index contributed by atoms with van der Waals surface area (Å²) in [5.41, 5.74) is 1.58. The third-order valence-electron chi connectivity index (χ3n) is 14.5. The van der Waals surface area contributed by atoms with E-state index < -0.39 is 127 Å². The van der Waals surface area contributed by atoms with E-state index in [1.165, 1.54) is 14.0 Å². The molecule has 1 aromatic carbocycles. The van der Waals surface area contributed by atoms with Crippen molar-refractivity contribution in [3.63, 3.8) is 0 Å². The Morgan fingerprint density at radius 3 is 2.32 bits per heavy atom. The highest BCUT2D eigenvalue weighted by atomic mass is 16.7. The molecule has 2 aromatic rings. The van der Waals surface area contributed by atoms with Gasteiger partial charge in [-0.3, -0.25) is 24.2 Å². The summed E-state index contributed by atoms with van der Waals surface area (Å²) in [5, 5.41) is 24.1. The van der Waals surface area contributed by atoms with Crippen LogP contribution in [0.5, 0.6) is 0 Å². The van der Waals surface area contributed by atoms with Crippen molar-refractivity contribution >= 4 is 36.2 Å². The molecule has 19 heteroatoms. The van der Waals surface area contributed by atoms with Gasteiger partial charge < -0.3 is 67.4 Å². The predicted molar refractivity (Wildman–Crippen MR) is 276 cm³/mol. The molecular formula is C56H83N3O16. The van der Waals surface area contributed by atoms with Crippen LogP contribution in [0.2, 0.25) is 0 Å². The van der Waals surface area contributed by atoms with Crippen LogP contribution in [0.15, 0.2) is 54.9 Å². The normalized spacial score (nSPS) is 33.8. The minimum Gasteiger partial charge on any atom is -0.462 e. The fourth-order valence-electron chi connectivity index (χ4n) is 10.6. The maximum Gasteiger partial charge on any atom is 0.309 e. The van der Waals surface area contributed by atoms with Gasteiger partial charge in [-0.15, -0.1) is 0 Å². The highest BCUT2D eigenvalue weighted by Gasteiger charge is 2.54. The topological polar surface area (TPSA) is 228 Å². The zero-order chi connectivity index (χ0) is 55.0. The molecule has 418 valence electrons. The van der Waals surface area contributed by atoms with Crippen molar-refractivity contribution in [2.75, 3.05) is 41.3 Å². The molecular weight excluding hydrogens is 971 g/mol. The number of cyclic esters (lactones) is 1. The third-order valence-corrected chi connectivity index (χ3v) is 14.5. The molecule has 1 aromatic heterocycles. The molecule has 3 aliphatic rings. The van der Waals surface area contributed by atoms with Gasteiger partial charge >= 0.3 is 23.9 Å². The van der Waals surface area contributed by atoms with Crippen LogP contribution in [0, 0.1) is 11.8 Å². The van der Waals surface area contributed by atoms with Crippen LogP contribution in [0.1, 0.15) is 112 Å². The van der Waals surface area contributed by atoms with Gasteiger partial charge in [0.15, 0.2) is 24.3 Å². The first-order chi connectivity index (χ1) is 35.7. The third kappa shape index (κ3) is 17.1. The fourth-order valence-corrected chi connectivity index (χ4v) is 10.6. The van der Waals surface area contributed by atoms with Gasteiger partial charge in [0.2, 0.25) is 0 Å². The number of rotatable bonds is 17. The van der Waals surface area contributed by atoms with Crippen molar-refractivity contribution in [2.24, 2.45) is 11.8 Å². The number of carbonyl (C=O) groups is 5. The van der Waals surface area contributed by atoms with E-state index in [1.807, 2.05) is 67.4 Å². The van der Waals surface area contributed by atoms with Crippen molar-refractivity contribution in [3.8, 4) is 11.1 Å². The molecule has 2 N–H and O–H groups in total. The van der Waals surface area contributed by atoms with Crippen molar-refractivity contribution in [1.82, 2.24) is 14.8 Å². The smallest absolute Gasteiger partial charge is 0.309 e. The Bertz CT molecular complexity index is 2160. The van der Waals surface area contributed by atoms with Crippen LogP contribution >= 0.6 is 0 Å². The molecule has 4 heterocycles. The van der Waals surface area contributed by atoms with E-state index in [0.29, 0.717) is 32.4 Å². The second kappa shape index (κ2) is 29.2. The number of likely N-dealkylation sites (N-methyl/N-ethyl adjacent to an activating group) is 2. The van der Waals surface area contributed by atoms with Crippen LogP contribution in [0.25, 0.3) is 17.2 Å². The Morgan fingerprint density at radius 1 is 0.947 bits per heavy atom. The number of hydrogen-bond acceptors (Lipinski definition) is 19. The molecule has 5 unspecified atom stereocenters. The lowest BCUT2D eigenvalue weighted by Crippen LogP contribution is -2.66. The van der Waals surface area contributed by atoms with E-state index in [-0.39, 0.29) is 32.1 Å². The lowest BCUT2D eigenvalue weighted by atomic mass is 9.82. The maximum absolute atomic E-state index is 14.3. The molecule has 0 amide bonds. The summed E-state index contributed by atoms with van der Waals surface area (Å²) in [7, 11) is 6.81. The Morgan fingerprint density at radius 2 is 1.67 bits per heavy atom. The van der Waals surface area contributed by atoms with Gasteiger partial charge in [0.1, 0.15) is 36.8 Å². The first-order valence-electron chi connectivity index (χ1n) is 26.4. The SMILES string of the molecule is CCC(=O)O[C@@H]1CC(=O)O[C@@H](C/C=C/c2ccccc2-c2cccnc2)CCCN(C)C[C@H](O)[C@H](C)C[C@H](CC=O)[C@H](O[C@@H]2OC(C)[C@H](O[C@H]3CC(C)(OC(C)=O)[C@@H](OC(=O)CC)C(C)O3)C(N(C)C)C2O)[C@H]1OC. The summed E-state index contributed by atoms with van der Waals surface area (Å²) in [6.07, 6.45) is -2.94. The van der Waals surface area contributed by atoms with Crippen molar-refractivity contribution < 1.29 is 76.8 Å². The summed E-state index contributed by atoms with van der Waals surface area (Å²) in [4.78, 5) is 73.2. The highest BCUT2D eigenvalue weighted by molar-refractivity contribution is 5.75. The molecule has 19 nitrogen and oxygen atoms in total. The maximum atomic E-state index is 14.3. The van der Waals surface area contributed by atoms with E-state index in [4.69, 9.17) is 42.6 Å². The van der Waals surface area contributed by atoms with E-state index >= 15 is 0 Å². The number of methoxy groups -OCH3 is 1. The summed E-state index contributed by atoms with van der Waals surface area (Å²) >= 11 is 0. The number of aldehydes is 1. The number of pyridine rings is 1. The van der Waals surface area contributed by atoms with E-state index in [0.717, 1.165) is 23.0 Å². The highest BCUT2D eigenvalue weighted by Crippen LogP contribution is 2.39. The average molecular weight is 1050 g/mol. The summed E-state index contributed by atoms with van der Waals surface area (Å²) in [6.45, 7) is 12.4. The molecule has 16 atom stereocenters. The number of aromatic nitrogens is 1. The summed E-state index contributed by atoms with van der Waals surface area (Å²) < 4.78 is 56.3. The van der Waals surface area contributed by atoms with Crippen LogP contribution < -0.4 is 0 Å². The zero-order valence-electron chi connectivity index (χ0n) is 45.7. The van der Waals surface area contributed by atoms with E-state index in [2.05, 4.69) is 4.98 Å². The number of aliphatic hydroxyl groups is 2. The first-order valence-corrected chi connectivity index (χ1v) is 26.4. The molecule has 75 heavy (non-hydrogen) atoms. The van der Waals surface area contributed by atoms with Crippen LogP contribution in [0.4, 0.5) is 0 Å². The molecule has 3 saturated heterocycles. The van der Waals surface area contributed by atoms with Crippen molar-refractivity contribution in [2.45, 2.75) is 192 Å². The number of β-amino-alcohol motifs (C(OH)–C–C–N with tert-alkyl or cyclic N) is 1. The predicted octanol–water partition coefficient (Wildman–Crippen LogP) is 5.69. The summed E-state index contributed by atoms with van der Waals surface area (Å²) in [6, 6.07) is 11.0. The quantitative estimate of drug-likeness (QED) is 0.110. The second-order valence-corrected chi connectivity index (χ2v) is 20.7. The number of ether oxygens (including phenoxy) is 9. The largest absolute Gasteiger partial charge is 0.462 e. The Balaban J connectivity index is 1.46. The number of hydrogen-bond donors (Lipinski definition) is 2. The molecule has 0 bridgehead atoms. The second-order valence-electron chi connectivity index (χ2n) is 20.7. The lowest BCUT2D eigenvalue weighted by Gasteiger charge is -2.50. The molecule has 0 spiro atoms. The van der Waals surface area contributed by atoms with Crippen LogP contribution in [0.3, 0.4) is 0 Å². The lowest BCUT2D eigenvalue weighted by molar-refractivity contribution is -0.344. The van der Waals surface area contributed by atoms with Crippen LogP contribution in [-0.2, 0) is 66.6 Å². The van der Waals surface area contributed by atoms with Gasteiger partial charge in [-0.25, -0.2) is 0 Å². The molecule has 0 aliphatic carbocycles. The fraction of sp³-hybridized carbons (Fsp3) is 0.679. The van der Waals surface area contributed by atoms with Gasteiger partial charge in [-0.2, -0.15) is 0 Å². The Hall–Kier alpha value is -4.70. The minimum absolute atomic E-state index is 0.0259. The standard InChI is InChI=1S/C56H83N3O16/c1-12-45(63)71-44-30-47(65)70-41(22-16-20-38-19-14-15-24-42(38)40-21-17-26-57-32-40)23-18-27-59(10)33-43(62)34(3)29-39(25-28-60)52(53(44)67-11)74-55-50(66)49(58(8)9)51(35(4)69-55)73-48-31-56(7,75-37(6)61)54(36(5)68-48)72-46(64)13-2/h14-17,19-21,24,26,28,32,34-36,39,41,43-44,48-55,62,66H,12-13,18,22-23,25,27,29-31,33H2,1-11H3/b20-16+/t34-,35?,36?,39+,41+,43+,44-,48+,49?,50?,51+,52+,53+,54+,55+,56?/m1/s1. The van der Waals surface area contributed by atoms with Gasteiger partial charge in [0.05, 0.1) is 36.9 Å². The molecule has 3 fully saturated rings. The average Bonchev–Trinajstić information content (AvgIpc) is 3.35.